The molecule has 0 spiro atoms. The highest BCUT2D eigenvalue weighted by molar-refractivity contribution is 5.98. The number of hydrogen-bond acceptors (Lipinski definition) is 3. The molecule has 1 atom stereocenters. The average molecular weight is 341 g/mol. The highest BCUT2D eigenvalue weighted by Crippen LogP contribution is 2.21. The Hall–Kier alpha value is -3.29. The molecule has 0 radical (unpaired) electrons. The quantitative estimate of drug-likeness (QED) is 0.468. The predicted molar refractivity (Wildman–Crippen MR) is 91.2 cm³/mol. The van der Waals surface area contributed by atoms with Crippen LogP contribution in [0.25, 0.3) is 11.4 Å². The molecular weight excluding hydrogens is 322 g/mol. The van der Waals surface area contributed by atoms with Gasteiger partial charge in [-0.15, -0.1) is 0 Å². The van der Waals surface area contributed by atoms with E-state index in [1.165, 1.54) is 12.5 Å². The van der Waals surface area contributed by atoms with Crippen molar-refractivity contribution in [2.75, 3.05) is 0 Å². The van der Waals surface area contributed by atoms with E-state index in [9.17, 15) is 14.7 Å². The molecule has 3 aromatic rings. The molecule has 0 saturated heterocycles. The van der Waals surface area contributed by atoms with Gasteiger partial charge in [0, 0.05) is 29.7 Å². The summed E-state index contributed by atoms with van der Waals surface area (Å²) in [5.74, 6) is -1.54. The van der Waals surface area contributed by atoms with Crippen LogP contribution in [0.5, 0.6) is 0 Å². The number of carboxylic acid groups (broad SMARTS) is 1. The molecule has 0 fully saturated rings. The van der Waals surface area contributed by atoms with Crippen LogP contribution < -0.4 is 5.32 Å². The summed E-state index contributed by atoms with van der Waals surface area (Å²) in [4.78, 5) is 37.0. The number of H-pyrrole nitrogens is 3. The third-order valence-electron chi connectivity index (χ3n) is 3.96. The molecule has 3 heterocycles. The minimum atomic E-state index is -1.10. The van der Waals surface area contributed by atoms with E-state index in [-0.39, 0.29) is 6.42 Å². The molecule has 0 aliphatic rings. The van der Waals surface area contributed by atoms with Gasteiger partial charge in [0.2, 0.25) is 0 Å². The first-order valence-electron chi connectivity index (χ1n) is 7.80. The number of imidazole rings is 1. The number of nitrogens with one attached hydrogen (secondary N) is 4. The Morgan fingerprint density at radius 3 is 2.64 bits per heavy atom. The molecule has 5 N–H and O–H groups in total. The summed E-state index contributed by atoms with van der Waals surface area (Å²) < 4.78 is 0. The molecular formula is C17H19N5O3. The third-order valence-corrected chi connectivity index (χ3v) is 3.96. The number of aromatic nitrogens is 4. The number of amides is 1. The Morgan fingerprint density at radius 1 is 1.24 bits per heavy atom. The van der Waals surface area contributed by atoms with Crippen LogP contribution >= 0.6 is 0 Å². The molecule has 1 unspecified atom stereocenters. The molecule has 0 bridgehead atoms. The first kappa shape index (κ1) is 16.6. The van der Waals surface area contributed by atoms with Gasteiger partial charge in [0.1, 0.15) is 6.04 Å². The minimum Gasteiger partial charge on any atom is -0.480 e. The molecule has 0 aliphatic carbocycles. The topological polar surface area (TPSA) is 127 Å². The number of rotatable bonds is 6. The van der Waals surface area contributed by atoms with E-state index in [2.05, 4.69) is 25.3 Å². The van der Waals surface area contributed by atoms with Crippen molar-refractivity contribution in [2.45, 2.75) is 26.3 Å². The molecule has 0 saturated carbocycles. The van der Waals surface area contributed by atoms with E-state index in [0.717, 1.165) is 17.1 Å². The SMILES string of the molecule is Cc1ccc(-c2cc(C(=O)NC(Cc3cnc[nH]3)C(=O)O)c(C)[nH]2)[nH]1. The minimum absolute atomic E-state index is 0.132. The number of carbonyl (C=O) groups excluding carboxylic acids is 1. The second-order valence-corrected chi connectivity index (χ2v) is 5.92. The zero-order chi connectivity index (χ0) is 18.0. The molecule has 3 rings (SSSR count). The smallest absolute Gasteiger partial charge is 0.326 e. The van der Waals surface area contributed by atoms with Gasteiger partial charge in [0.25, 0.3) is 5.91 Å². The Balaban J connectivity index is 1.77. The van der Waals surface area contributed by atoms with Gasteiger partial charge in [-0.3, -0.25) is 4.79 Å². The highest BCUT2D eigenvalue weighted by Gasteiger charge is 2.23. The van der Waals surface area contributed by atoms with E-state index in [0.29, 0.717) is 17.0 Å². The zero-order valence-electron chi connectivity index (χ0n) is 13.9. The van der Waals surface area contributed by atoms with E-state index < -0.39 is 17.9 Å². The summed E-state index contributed by atoms with van der Waals surface area (Å²) in [6.45, 7) is 3.72. The summed E-state index contributed by atoms with van der Waals surface area (Å²) in [5, 5.41) is 11.9. The standard InChI is InChI=1S/C17H19N5O3/c1-9-3-4-13(20-9)14-6-12(10(2)21-14)16(23)22-15(17(24)25)5-11-7-18-8-19-11/h3-4,6-8,15,20-21H,5H2,1-2H3,(H,18,19)(H,22,23)(H,24,25). The van der Waals surface area contributed by atoms with Gasteiger partial charge >= 0.3 is 5.97 Å². The van der Waals surface area contributed by atoms with Crippen LogP contribution in [0, 0.1) is 13.8 Å². The maximum atomic E-state index is 12.5. The Bertz CT molecular complexity index is 891. The van der Waals surface area contributed by atoms with Crippen molar-refractivity contribution in [1.29, 1.82) is 0 Å². The molecule has 0 aromatic carbocycles. The molecule has 8 heteroatoms. The molecule has 25 heavy (non-hydrogen) atoms. The van der Waals surface area contributed by atoms with Crippen molar-refractivity contribution >= 4 is 11.9 Å². The second kappa shape index (κ2) is 6.68. The van der Waals surface area contributed by atoms with Crippen molar-refractivity contribution in [2.24, 2.45) is 0 Å². The van der Waals surface area contributed by atoms with Gasteiger partial charge in [0.15, 0.2) is 0 Å². The van der Waals surface area contributed by atoms with Crippen LogP contribution in [0.1, 0.15) is 27.4 Å². The van der Waals surface area contributed by atoms with Gasteiger partial charge < -0.3 is 25.4 Å². The fourth-order valence-corrected chi connectivity index (χ4v) is 2.65. The van der Waals surface area contributed by atoms with Crippen molar-refractivity contribution < 1.29 is 14.7 Å². The largest absolute Gasteiger partial charge is 0.480 e. The van der Waals surface area contributed by atoms with Gasteiger partial charge in [-0.25, -0.2) is 9.78 Å². The number of carbonyl (C=O) groups is 2. The fraction of sp³-hybridized carbons (Fsp3) is 0.235. The molecule has 8 nitrogen and oxygen atoms in total. The lowest BCUT2D eigenvalue weighted by atomic mass is 10.1. The van der Waals surface area contributed by atoms with Gasteiger partial charge in [0.05, 0.1) is 23.3 Å². The number of hydrogen-bond donors (Lipinski definition) is 5. The monoisotopic (exact) mass is 341 g/mol. The predicted octanol–water partition coefficient (Wildman–Crippen LogP) is 1.78. The van der Waals surface area contributed by atoms with Crippen LogP contribution in [0.4, 0.5) is 0 Å². The van der Waals surface area contributed by atoms with Crippen LogP contribution in [0.2, 0.25) is 0 Å². The number of aliphatic carboxylic acids is 1. The third kappa shape index (κ3) is 3.63. The summed E-state index contributed by atoms with van der Waals surface area (Å²) in [5.41, 5.74) is 4.38. The fourth-order valence-electron chi connectivity index (χ4n) is 2.65. The van der Waals surface area contributed by atoms with Crippen molar-refractivity contribution in [3.63, 3.8) is 0 Å². The summed E-state index contributed by atoms with van der Waals surface area (Å²) in [6.07, 6.45) is 3.14. The Kier molecular flexibility index (Phi) is 4.42. The second-order valence-electron chi connectivity index (χ2n) is 5.92. The highest BCUT2D eigenvalue weighted by atomic mass is 16.4. The maximum Gasteiger partial charge on any atom is 0.326 e. The summed E-state index contributed by atoms with van der Waals surface area (Å²) in [7, 11) is 0. The molecule has 1 amide bonds. The van der Waals surface area contributed by atoms with Crippen molar-refractivity contribution in [3.8, 4) is 11.4 Å². The normalized spacial score (nSPS) is 12.1. The van der Waals surface area contributed by atoms with Crippen LogP contribution in [0.15, 0.2) is 30.7 Å². The van der Waals surface area contributed by atoms with E-state index >= 15 is 0 Å². The van der Waals surface area contributed by atoms with Gasteiger partial charge in [-0.1, -0.05) is 0 Å². The summed E-state index contributed by atoms with van der Waals surface area (Å²) in [6, 6.07) is 4.53. The van der Waals surface area contributed by atoms with E-state index in [4.69, 9.17) is 0 Å². The van der Waals surface area contributed by atoms with Crippen molar-refractivity contribution in [1.82, 2.24) is 25.3 Å². The number of nitrogens with zero attached hydrogens (tertiary/aromatic N) is 1. The maximum absolute atomic E-state index is 12.5. The van der Waals surface area contributed by atoms with Crippen LogP contribution in [0.3, 0.4) is 0 Å². The lowest BCUT2D eigenvalue weighted by Gasteiger charge is -2.13. The first-order valence-corrected chi connectivity index (χ1v) is 7.80. The molecule has 0 aliphatic heterocycles. The average Bonchev–Trinajstić information content (AvgIpc) is 3.27. The number of aryl methyl sites for hydroxylation is 2. The lowest BCUT2D eigenvalue weighted by Crippen LogP contribution is -2.42. The Morgan fingerprint density at radius 2 is 2.04 bits per heavy atom. The first-order chi connectivity index (χ1) is 11.9. The van der Waals surface area contributed by atoms with Crippen LogP contribution in [-0.4, -0.2) is 43.0 Å². The lowest BCUT2D eigenvalue weighted by molar-refractivity contribution is -0.139. The summed E-state index contributed by atoms with van der Waals surface area (Å²) >= 11 is 0. The van der Waals surface area contributed by atoms with E-state index in [1.807, 2.05) is 19.1 Å². The van der Waals surface area contributed by atoms with Gasteiger partial charge in [-0.2, -0.15) is 0 Å². The zero-order valence-corrected chi connectivity index (χ0v) is 13.9. The van der Waals surface area contributed by atoms with Crippen molar-refractivity contribution in [3.05, 3.63) is 53.4 Å². The number of aromatic amines is 3. The molecule has 130 valence electrons. The number of carboxylic acids is 1. The van der Waals surface area contributed by atoms with E-state index in [1.54, 1.807) is 13.0 Å². The molecule has 3 aromatic heterocycles. The Labute approximate surface area is 143 Å². The van der Waals surface area contributed by atoms with Gasteiger partial charge in [-0.05, 0) is 32.0 Å². The van der Waals surface area contributed by atoms with Crippen LogP contribution in [-0.2, 0) is 11.2 Å².